The van der Waals surface area contributed by atoms with Crippen LogP contribution in [0.5, 0.6) is 5.75 Å². The second-order valence-electron chi connectivity index (χ2n) is 4.99. The van der Waals surface area contributed by atoms with Gasteiger partial charge in [-0.2, -0.15) is 0 Å². The number of hydrogen-bond acceptors (Lipinski definition) is 2. The average molecular weight is 253 g/mol. The average Bonchev–Trinajstić information content (AvgIpc) is 2.69. The molecule has 98 valence electrons. The van der Waals surface area contributed by atoms with Crippen LogP contribution in [-0.4, -0.2) is 13.7 Å². The van der Waals surface area contributed by atoms with E-state index in [0.717, 1.165) is 25.3 Å². The Morgan fingerprint density at radius 1 is 1.11 bits per heavy atom. The van der Waals surface area contributed by atoms with Crippen molar-refractivity contribution in [3.8, 4) is 5.75 Å². The Morgan fingerprint density at radius 3 is 2.74 bits per heavy atom. The van der Waals surface area contributed by atoms with Gasteiger partial charge in [-0.3, -0.25) is 0 Å². The van der Waals surface area contributed by atoms with Crippen LogP contribution in [0.1, 0.15) is 29.0 Å². The summed E-state index contributed by atoms with van der Waals surface area (Å²) in [7, 11) is 1.72. The van der Waals surface area contributed by atoms with Gasteiger partial charge in [0.15, 0.2) is 0 Å². The molecule has 0 spiro atoms. The van der Waals surface area contributed by atoms with Gasteiger partial charge in [-0.25, -0.2) is 0 Å². The highest BCUT2D eigenvalue weighted by molar-refractivity contribution is 5.43. The quantitative estimate of drug-likeness (QED) is 0.886. The minimum atomic E-state index is 0.483. The van der Waals surface area contributed by atoms with Crippen LogP contribution in [0, 0.1) is 0 Å². The van der Waals surface area contributed by atoms with Gasteiger partial charge in [0, 0.05) is 12.5 Å². The number of methoxy groups -OCH3 is 1. The molecule has 1 N–H and O–H groups in total. The van der Waals surface area contributed by atoms with Crippen LogP contribution < -0.4 is 10.1 Å². The molecule has 3 rings (SSSR count). The molecule has 0 radical (unpaired) electrons. The fourth-order valence-corrected chi connectivity index (χ4v) is 2.86. The van der Waals surface area contributed by atoms with Gasteiger partial charge < -0.3 is 10.1 Å². The molecular formula is C17H19NO. The molecule has 1 atom stereocenters. The normalized spacial score (nSPS) is 18.5. The summed E-state index contributed by atoms with van der Waals surface area (Å²) in [6.07, 6.45) is 1.14. The van der Waals surface area contributed by atoms with Crippen LogP contribution in [0.2, 0.25) is 0 Å². The molecule has 0 fully saturated rings. The molecule has 0 amide bonds. The molecule has 0 bridgehead atoms. The van der Waals surface area contributed by atoms with E-state index in [1.54, 1.807) is 7.11 Å². The number of rotatable bonds is 2. The number of nitrogens with one attached hydrogen (secondary N) is 1. The van der Waals surface area contributed by atoms with Crippen molar-refractivity contribution in [1.29, 1.82) is 0 Å². The summed E-state index contributed by atoms with van der Waals surface area (Å²) < 4.78 is 5.33. The van der Waals surface area contributed by atoms with Crippen LogP contribution in [-0.2, 0) is 6.54 Å². The Labute approximate surface area is 114 Å². The van der Waals surface area contributed by atoms with Crippen molar-refractivity contribution in [3.63, 3.8) is 0 Å². The zero-order valence-corrected chi connectivity index (χ0v) is 11.2. The molecule has 1 aliphatic rings. The monoisotopic (exact) mass is 253 g/mol. The SMILES string of the molecule is COc1ccc2c(c1)CNCCC2c1ccccc1. The molecule has 1 unspecified atom stereocenters. The molecule has 1 aliphatic heterocycles. The van der Waals surface area contributed by atoms with E-state index in [4.69, 9.17) is 4.74 Å². The van der Waals surface area contributed by atoms with Gasteiger partial charge in [0.2, 0.25) is 0 Å². The number of fused-ring (bicyclic) bond motifs is 1. The van der Waals surface area contributed by atoms with E-state index in [1.807, 2.05) is 0 Å². The maximum Gasteiger partial charge on any atom is 0.119 e. The lowest BCUT2D eigenvalue weighted by Crippen LogP contribution is -2.12. The smallest absolute Gasteiger partial charge is 0.119 e. The third-order valence-electron chi connectivity index (χ3n) is 3.85. The standard InChI is InChI=1S/C17H19NO/c1-19-15-7-8-16-14(11-15)12-18-10-9-17(16)13-5-3-2-4-6-13/h2-8,11,17-18H,9-10,12H2,1H3. The molecule has 19 heavy (non-hydrogen) atoms. The third-order valence-corrected chi connectivity index (χ3v) is 3.85. The summed E-state index contributed by atoms with van der Waals surface area (Å²) in [5.74, 6) is 1.42. The first-order chi connectivity index (χ1) is 9.38. The van der Waals surface area contributed by atoms with Gasteiger partial charge in [0.1, 0.15) is 5.75 Å². The van der Waals surface area contributed by atoms with E-state index in [0.29, 0.717) is 5.92 Å². The molecule has 0 aliphatic carbocycles. The first kappa shape index (κ1) is 12.2. The second kappa shape index (κ2) is 5.45. The minimum Gasteiger partial charge on any atom is -0.497 e. The maximum atomic E-state index is 5.33. The summed E-state index contributed by atoms with van der Waals surface area (Å²) >= 11 is 0. The van der Waals surface area contributed by atoms with Crippen LogP contribution in [0.25, 0.3) is 0 Å². The summed E-state index contributed by atoms with van der Waals surface area (Å²) in [5, 5.41) is 3.50. The van der Waals surface area contributed by atoms with E-state index in [-0.39, 0.29) is 0 Å². The van der Waals surface area contributed by atoms with E-state index in [1.165, 1.54) is 16.7 Å². The zero-order valence-electron chi connectivity index (χ0n) is 11.2. The van der Waals surface area contributed by atoms with E-state index in [9.17, 15) is 0 Å². The molecule has 2 heteroatoms. The molecule has 0 saturated carbocycles. The van der Waals surface area contributed by atoms with Gasteiger partial charge >= 0.3 is 0 Å². The number of benzene rings is 2. The largest absolute Gasteiger partial charge is 0.497 e. The van der Waals surface area contributed by atoms with Crippen molar-refractivity contribution in [1.82, 2.24) is 5.32 Å². The number of ether oxygens (including phenoxy) is 1. The van der Waals surface area contributed by atoms with Crippen LogP contribution in [0.15, 0.2) is 48.5 Å². The Morgan fingerprint density at radius 2 is 1.95 bits per heavy atom. The Hall–Kier alpha value is -1.80. The maximum absolute atomic E-state index is 5.33. The highest BCUT2D eigenvalue weighted by Crippen LogP contribution is 2.33. The van der Waals surface area contributed by atoms with Crippen molar-refractivity contribution in [2.45, 2.75) is 18.9 Å². The Bertz CT molecular complexity index is 550. The Kier molecular flexibility index (Phi) is 3.51. The topological polar surface area (TPSA) is 21.3 Å². The van der Waals surface area contributed by atoms with Gasteiger partial charge in [0.25, 0.3) is 0 Å². The van der Waals surface area contributed by atoms with Gasteiger partial charge in [-0.05, 0) is 41.8 Å². The van der Waals surface area contributed by atoms with E-state index < -0.39 is 0 Å². The van der Waals surface area contributed by atoms with Gasteiger partial charge in [-0.15, -0.1) is 0 Å². The van der Waals surface area contributed by atoms with Crippen LogP contribution in [0.4, 0.5) is 0 Å². The lowest BCUT2D eigenvalue weighted by atomic mass is 9.86. The van der Waals surface area contributed by atoms with Crippen molar-refractivity contribution < 1.29 is 4.74 Å². The Balaban J connectivity index is 2.04. The molecule has 0 aromatic heterocycles. The van der Waals surface area contributed by atoms with Crippen molar-refractivity contribution >= 4 is 0 Å². The van der Waals surface area contributed by atoms with Crippen molar-refractivity contribution in [2.75, 3.05) is 13.7 Å². The predicted molar refractivity (Wildman–Crippen MR) is 77.6 cm³/mol. The summed E-state index contributed by atoms with van der Waals surface area (Å²) in [6.45, 7) is 1.98. The summed E-state index contributed by atoms with van der Waals surface area (Å²) in [6, 6.07) is 17.2. The summed E-state index contributed by atoms with van der Waals surface area (Å²) in [4.78, 5) is 0. The third kappa shape index (κ3) is 2.49. The first-order valence-electron chi connectivity index (χ1n) is 6.81. The second-order valence-corrected chi connectivity index (χ2v) is 4.99. The first-order valence-corrected chi connectivity index (χ1v) is 6.81. The predicted octanol–water partition coefficient (Wildman–Crippen LogP) is 3.32. The molecule has 0 saturated heterocycles. The van der Waals surface area contributed by atoms with Crippen molar-refractivity contribution in [3.05, 3.63) is 65.2 Å². The van der Waals surface area contributed by atoms with Crippen molar-refractivity contribution in [2.24, 2.45) is 0 Å². The fraction of sp³-hybridized carbons (Fsp3) is 0.294. The lowest BCUT2D eigenvalue weighted by molar-refractivity contribution is 0.414. The highest BCUT2D eigenvalue weighted by Gasteiger charge is 2.20. The van der Waals surface area contributed by atoms with Crippen LogP contribution >= 0.6 is 0 Å². The summed E-state index contributed by atoms with van der Waals surface area (Å²) in [5.41, 5.74) is 4.18. The molecule has 2 aromatic rings. The fourth-order valence-electron chi connectivity index (χ4n) is 2.86. The zero-order chi connectivity index (χ0) is 13.1. The molecule has 2 aromatic carbocycles. The molecular weight excluding hydrogens is 234 g/mol. The minimum absolute atomic E-state index is 0.483. The van der Waals surface area contributed by atoms with Gasteiger partial charge in [-0.1, -0.05) is 36.4 Å². The van der Waals surface area contributed by atoms with E-state index >= 15 is 0 Å². The molecule has 1 heterocycles. The molecule has 2 nitrogen and oxygen atoms in total. The lowest BCUT2D eigenvalue weighted by Gasteiger charge is -2.18. The van der Waals surface area contributed by atoms with E-state index in [2.05, 4.69) is 53.8 Å². The van der Waals surface area contributed by atoms with Crippen LogP contribution in [0.3, 0.4) is 0 Å². The number of hydrogen-bond donors (Lipinski definition) is 1. The highest BCUT2D eigenvalue weighted by atomic mass is 16.5. The van der Waals surface area contributed by atoms with Gasteiger partial charge in [0.05, 0.1) is 7.11 Å².